The molecule has 0 saturated heterocycles. The summed E-state index contributed by atoms with van der Waals surface area (Å²) in [5.41, 5.74) is 6.85. The van der Waals surface area contributed by atoms with Crippen molar-refractivity contribution in [2.75, 3.05) is 6.61 Å². The van der Waals surface area contributed by atoms with E-state index in [0.717, 1.165) is 19.7 Å². The molecule has 0 aliphatic carbocycles. The quantitative estimate of drug-likeness (QED) is 0.911. The minimum Gasteiger partial charge on any atom is -0.396 e. The summed E-state index contributed by atoms with van der Waals surface area (Å²) in [5.74, 6) is 0. The summed E-state index contributed by atoms with van der Waals surface area (Å²) in [4.78, 5) is 4.43. The van der Waals surface area contributed by atoms with Gasteiger partial charge in [-0.25, -0.2) is 4.98 Å². The maximum atomic E-state index is 8.81. The molecule has 1 unspecified atom stereocenters. The topological polar surface area (TPSA) is 59.1 Å². The van der Waals surface area contributed by atoms with Crippen molar-refractivity contribution in [1.82, 2.24) is 4.98 Å². The lowest BCUT2D eigenvalue weighted by molar-refractivity contribution is 0.276. The molecule has 3 N–H and O–H groups in total. The van der Waals surface area contributed by atoms with Gasteiger partial charge in [0.25, 0.3) is 0 Å². The zero-order valence-corrected chi connectivity index (χ0v) is 10.4. The third-order valence-corrected chi connectivity index (χ3v) is 3.77. The molecular formula is C10H11BrN2OS. The van der Waals surface area contributed by atoms with Crippen LogP contribution in [-0.4, -0.2) is 16.7 Å². The minimum atomic E-state index is -0.161. The molecular weight excluding hydrogens is 276 g/mol. The van der Waals surface area contributed by atoms with Gasteiger partial charge in [0.05, 0.1) is 16.3 Å². The van der Waals surface area contributed by atoms with Crippen molar-refractivity contribution in [3.05, 3.63) is 27.7 Å². The zero-order valence-electron chi connectivity index (χ0n) is 7.98. The Balaban J connectivity index is 2.38. The molecule has 0 saturated carbocycles. The maximum Gasteiger partial charge on any atom is 0.111 e. The second kappa shape index (κ2) is 4.57. The summed E-state index contributed by atoms with van der Waals surface area (Å²) in [5, 5.41) is 9.69. The predicted octanol–water partition coefficient (Wildman–Crippen LogP) is 2.44. The number of aromatic nitrogens is 1. The van der Waals surface area contributed by atoms with Crippen LogP contribution >= 0.6 is 27.3 Å². The number of aliphatic hydroxyl groups is 1. The highest BCUT2D eigenvalue weighted by Crippen LogP contribution is 2.28. The van der Waals surface area contributed by atoms with E-state index in [1.54, 1.807) is 11.3 Å². The SMILES string of the molecule is NC(CCO)c1nc2ccc(Br)cc2s1. The van der Waals surface area contributed by atoms with E-state index in [1.807, 2.05) is 18.2 Å². The number of fused-ring (bicyclic) bond motifs is 1. The monoisotopic (exact) mass is 286 g/mol. The van der Waals surface area contributed by atoms with Gasteiger partial charge in [0.2, 0.25) is 0 Å². The van der Waals surface area contributed by atoms with Gasteiger partial charge in [0.1, 0.15) is 5.01 Å². The van der Waals surface area contributed by atoms with Crippen LogP contribution in [0.15, 0.2) is 22.7 Å². The van der Waals surface area contributed by atoms with Gasteiger partial charge in [0.15, 0.2) is 0 Å². The molecule has 1 aromatic heterocycles. The van der Waals surface area contributed by atoms with Gasteiger partial charge in [-0.3, -0.25) is 0 Å². The average Bonchev–Trinajstić information content (AvgIpc) is 2.60. The third-order valence-electron chi connectivity index (χ3n) is 2.12. The van der Waals surface area contributed by atoms with Gasteiger partial charge >= 0.3 is 0 Å². The van der Waals surface area contributed by atoms with Crippen molar-refractivity contribution in [2.45, 2.75) is 12.5 Å². The standard InChI is InChI=1S/C10H11BrN2OS/c11-6-1-2-8-9(5-6)15-10(13-8)7(12)3-4-14/h1-2,5,7,14H,3-4,12H2. The van der Waals surface area contributed by atoms with E-state index in [4.69, 9.17) is 10.8 Å². The molecule has 0 radical (unpaired) electrons. The van der Waals surface area contributed by atoms with Gasteiger partial charge < -0.3 is 10.8 Å². The van der Waals surface area contributed by atoms with Crippen LogP contribution in [0.1, 0.15) is 17.5 Å². The van der Waals surface area contributed by atoms with Crippen molar-refractivity contribution in [2.24, 2.45) is 5.73 Å². The van der Waals surface area contributed by atoms with Crippen LogP contribution in [0, 0.1) is 0 Å². The fourth-order valence-corrected chi connectivity index (χ4v) is 2.89. The van der Waals surface area contributed by atoms with Crippen LogP contribution < -0.4 is 5.73 Å². The molecule has 0 spiro atoms. The van der Waals surface area contributed by atoms with E-state index in [2.05, 4.69) is 20.9 Å². The molecule has 0 amide bonds. The molecule has 80 valence electrons. The van der Waals surface area contributed by atoms with E-state index < -0.39 is 0 Å². The van der Waals surface area contributed by atoms with Crippen molar-refractivity contribution in [1.29, 1.82) is 0 Å². The molecule has 0 aliphatic heterocycles. The van der Waals surface area contributed by atoms with E-state index in [9.17, 15) is 0 Å². The van der Waals surface area contributed by atoms with Crippen molar-refractivity contribution in [3.8, 4) is 0 Å². The first kappa shape index (κ1) is 11.0. The second-order valence-electron chi connectivity index (χ2n) is 3.28. The number of benzene rings is 1. The van der Waals surface area contributed by atoms with Gasteiger partial charge in [-0.2, -0.15) is 0 Å². The predicted molar refractivity (Wildman–Crippen MR) is 66.0 cm³/mol. The lowest BCUT2D eigenvalue weighted by Crippen LogP contribution is -2.11. The Morgan fingerprint density at radius 3 is 3.07 bits per heavy atom. The Hall–Kier alpha value is -0.490. The summed E-state index contributed by atoms with van der Waals surface area (Å²) in [6.45, 7) is 0.0980. The minimum absolute atomic E-state index is 0.0980. The highest BCUT2D eigenvalue weighted by Gasteiger charge is 2.11. The van der Waals surface area contributed by atoms with Crippen molar-refractivity contribution >= 4 is 37.5 Å². The second-order valence-corrected chi connectivity index (χ2v) is 5.26. The molecule has 3 nitrogen and oxygen atoms in total. The first-order valence-electron chi connectivity index (χ1n) is 4.63. The summed E-state index contributed by atoms with van der Waals surface area (Å²) >= 11 is 5.00. The Morgan fingerprint density at radius 2 is 2.33 bits per heavy atom. The largest absolute Gasteiger partial charge is 0.396 e. The highest BCUT2D eigenvalue weighted by molar-refractivity contribution is 9.10. The number of rotatable bonds is 3. The normalized spacial score (nSPS) is 13.3. The van der Waals surface area contributed by atoms with Crippen molar-refractivity contribution < 1.29 is 5.11 Å². The highest BCUT2D eigenvalue weighted by atomic mass is 79.9. The number of nitrogens with zero attached hydrogens (tertiary/aromatic N) is 1. The fourth-order valence-electron chi connectivity index (χ4n) is 1.34. The Bertz CT molecular complexity index is 471. The Morgan fingerprint density at radius 1 is 1.53 bits per heavy atom. The first-order chi connectivity index (χ1) is 7.20. The molecule has 0 fully saturated rings. The third kappa shape index (κ3) is 2.36. The van der Waals surface area contributed by atoms with Crippen LogP contribution in [0.5, 0.6) is 0 Å². The number of aliphatic hydroxyl groups excluding tert-OH is 1. The van der Waals surface area contributed by atoms with E-state index >= 15 is 0 Å². The molecule has 5 heteroatoms. The smallest absolute Gasteiger partial charge is 0.111 e. The molecule has 2 aromatic rings. The fraction of sp³-hybridized carbons (Fsp3) is 0.300. The Labute approximate surface area is 100 Å². The molecule has 1 heterocycles. The van der Waals surface area contributed by atoms with Gasteiger partial charge in [-0.1, -0.05) is 15.9 Å². The number of halogens is 1. The lowest BCUT2D eigenvalue weighted by Gasteiger charge is -2.03. The number of nitrogens with two attached hydrogens (primary N) is 1. The zero-order chi connectivity index (χ0) is 10.8. The Kier molecular flexibility index (Phi) is 3.35. The van der Waals surface area contributed by atoms with E-state index in [0.29, 0.717) is 6.42 Å². The lowest BCUT2D eigenvalue weighted by atomic mass is 10.2. The van der Waals surface area contributed by atoms with Gasteiger partial charge in [-0.05, 0) is 24.6 Å². The van der Waals surface area contributed by atoms with E-state index in [1.165, 1.54) is 0 Å². The molecule has 15 heavy (non-hydrogen) atoms. The van der Waals surface area contributed by atoms with Crippen LogP contribution in [0.25, 0.3) is 10.2 Å². The number of thiazole rings is 1. The van der Waals surface area contributed by atoms with Gasteiger partial charge in [0, 0.05) is 11.1 Å². The first-order valence-corrected chi connectivity index (χ1v) is 6.24. The number of hydrogen-bond donors (Lipinski definition) is 2. The van der Waals surface area contributed by atoms with Crippen LogP contribution in [0.2, 0.25) is 0 Å². The number of hydrogen-bond acceptors (Lipinski definition) is 4. The van der Waals surface area contributed by atoms with Crippen molar-refractivity contribution in [3.63, 3.8) is 0 Å². The summed E-state index contributed by atoms with van der Waals surface area (Å²) in [6.07, 6.45) is 0.557. The van der Waals surface area contributed by atoms with Crippen LogP contribution in [-0.2, 0) is 0 Å². The summed E-state index contributed by atoms with van der Waals surface area (Å²) in [7, 11) is 0. The summed E-state index contributed by atoms with van der Waals surface area (Å²) < 4.78 is 2.16. The molecule has 1 aromatic carbocycles. The van der Waals surface area contributed by atoms with Crippen LogP contribution in [0.4, 0.5) is 0 Å². The molecule has 0 bridgehead atoms. The molecule has 2 rings (SSSR count). The van der Waals surface area contributed by atoms with E-state index in [-0.39, 0.29) is 12.6 Å². The molecule has 1 atom stereocenters. The van der Waals surface area contributed by atoms with Gasteiger partial charge in [-0.15, -0.1) is 11.3 Å². The summed E-state index contributed by atoms with van der Waals surface area (Å²) in [6, 6.07) is 5.79. The maximum absolute atomic E-state index is 8.81. The average molecular weight is 287 g/mol. The molecule has 0 aliphatic rings. The van der Waals surface area contributed by atoms with Crippen LogP contribution in [0.3, 0.4) is 0 Å².